The van der Waals surface area contributed by atoms with Gasteiger partial charge in [-0.05, 0) is 43.1 Å². The summed E-state index contributed by atoms with van der Waals surface area (Å²) in [5.74, 6) is -0.263. The van der Waals surface area contributed by atoms with E-state index >= 15 is 0 Å². The van der Waals surface area contributed by atoms with Gasteiger partial charge in [0.15, 0.2) is 5.58 Å². The van der Waals surface area contributed by atoms with Crippen LogP contribution in [0.2, 0.25) is 5.02 Å². The molecular weight excluding hydrogens is 324 g/mol. The van der Waals surface area contributed by atoms with Gasteiger partial charge in [0.1, 0.15) is 0 Å². The third-order valence-corrected chi connectivity index (χ3v) is 5.09. The largest absolute Gasteiger partial charge is 0.420 e. The smallest absolute Gasteiger partial charge is 0.408 e. The maximum atomic E-state index is 12.3. The molecule has 4 rings (SSSR count). The molecule has 124 valence electrons. The molecule has 1 saturated heterocycles. The van der Waals surface area contributed by atoms with Gasteiger partial charge in [-0.15, -0.1) is 0 Å². The van der Waals surface area contributed by atoms with Crippen molar-refractivity contribution >= 4 is 22.7 Å². The van der Waals surface area contributed by atoms with Crippen molar-refractivity contribution in [2.75, 3.05) is 13.1 Å². The molecule has 24 heavy (non-hydrogen) atoms. The lowest BCUT2D eigenvalue weighted by Gasteiger charge is -2.33. The predicted octanol–water partition coefficient (Wildman–Crippen LogP) is 4.09. The van der Waals surface area contributed by atoms with Gasteiger partial charge in [0.05, 0.1) is 11.6 Å². The Morgan fingerprint density at radius 1 is 1.12 bits per heavy atom. The molecule has 2 aromatic carbocycles. The van der Waals surface area contributed by atoms with Crippen LogP contribution in [0.15, 0.2) is 57.7 Å². The normalized spacial score (nSPS) is 19.0. The van der Waals surface area contributed by atoms with Gasteiger partial charge in [0.2, 0.25) is 0 Å². The van der Waals surface area contributed by atoms with E-state index in [1.165, 1.54) is 0 Å². The van der Waals surface area contributed by atoms with Gasteiger partial charge >= 0.3 is 5.76 Å². The van der Waals surface area contributed by atoms with Crippen LogP contribution >= 0.6 is 11.6 Å². The number of likely N-dealkylation sites (tertiary alicyclic amines) is 1. The molecule has 0 bridgehead atoms. The molecule has 0 spiro atoms. The molecule has 0 amide bonds. The molecule has 1 unspecified atom stereocenters. The fraction of sp³-hybridized carbons (Fsp3) is 0.316. The van der Waals surface area contributed by atoms with Crippen molar-refractivity contribution in [3.05, 3.63) is 69.7 Å². The van der Waals surface area contributed by atoms with Crippen LogP contribution in [0.1, 0.15) is 24.4 Å². The highest BCUT2D eigenvalue weighted by molar-refractivity contribution is 6.31. The number of fused-ring (bicyclic) bond motifs is 1. The predicted molar refractivity (Wildman–Crippen MR) is 95.5 cm³/mol. The minimum absolute atomic E-state index is 0.136. The third kappa shape index (κ3) is 2.87. The second-order valence-electron chi connectivity index (χ2n) is 6.33. The Hall–Kier alpha value is -2.04. The minimum atomic E-state index is -0.263. The van der Waals surface area contributed by atoms with Gasteiger partial charge in [0, 0.05) is 18.1 Å². The zero-order chi connectivity index (χ0) is 16.5. The highest BCUT2D eigenvalue weighted by Crippen LogP contribution is 2.26. The first-order chi connectivity index (χ1) is 11.7. The standard InChI is InChI=1S/C19H19ClN2O2/c20-16-8-2-1-6-14(16)12-21-11-5-7-15(13-21)22-17-9-3-4-10-18(17)24-19(22)23/h1-4,6,8-10,15H,5,7,11-13H2. The van der Waals surface area contributed by atoms with Crippen LogP contribution in [0, 0.1) is 0 Å². The number of aromatic nitrogens is 1. The summed E-state index contributed by atoms with van der Waals surface area (Å²) >= 11 is 6.29. The number of piperidine rings is 1. The average Bonchev–Trinajstić information content (AvgIpc) is 2.93. The summed E-state index contributed by atoms with van der Waals surface area (Å²) in [7, 11) is 0. The van der Waals surface area contributed by atoms with Crippen LogP contribution in [0.4, 0.5) is 0 Å². The number of hydrogen-bond acceptors (Lipinski definition) is 3. The van der Waals surface area contributed by atoms with Crippen LogP contribution in [0.3, 0.4) is 0 Å². The van der Waals surface area contributed by atoms with Gasteiger partial charge in [-0.3, -0.25) is 9.47 Å². The van der Waals surface area contributed by atoms with E-state index in [9.17, 15) is 4.79 Å². The number of benzene rings is 2. The van der Waals surface area contributed by atoms with Gasteiger partial charge in [-0.1, -0.05) is 41.9 Å². The topological polar surface area (TPSA) is 38.4 Å². The first kappa shape index (κ1) is 15.5. The Kier molecular flexibility index (Phi) is 4.17. The molecule has 5 heteroatoms. The van der Waals surface area contributed by atoms with E-state index in [1.54, 1.807) is 0 Å². The van der Waals surface area contributed by atoms with Crippen molar-refractivity contribution in [2.24, 2.45) is 0 Å². The minimum Gasteiger partial charge on any atom is -0.408 e. The van der Waals surface area contributed by atoms with E-state index in [1.807, 2.05) is 47.0 Å². The van der Waals surface area contributed by atoms with E-state index in [0.717, 1.165) is 48.6 Å². The monoisotopic (exact) mass is 342 g/mol. The fourth-order valence-electron chi connectivity index (χ4n) is 3.58. The van der Waals surface area contributed by atoms with Gasteiger partial charge in [0.25, 0.3) is 0 Å². The van der Waals surface area contributed by atoms with E-state index in [-0.39, 0.29) is 11.8 Å². The van der Waals surface area contributed by atoms with Crippen molar-refractivity contribution in [3.8, 4) is 0 Å². The van der Waals surface area contributed by atoms with Crippen molar-refractivity contribution in [1.29, 1.82) is 0 Å². The van der Waals surface area contributed by atoms with Crippen LogP contribution < -0.4 is 5.76 Å². The van der Waals surface area contributed by atoms with Crippen molar-refractivity contribution in [2.45, 2.75) is 25.4 Å². The average molecular weight is 343 g/mol. The molecule has 2 heterocycles. The molecule has 0 aliphatic carbocycles. The number of hydrogen-bond donors (Lipinski definition) is 0. The Morgan fingerprint density at radius 3 is 2.79 bits per heavy atom. The zero-order valence-corrected chi connectivity index (χ0v) is 14.1. The number of nitrogens with zero attached hydrogens (tertiary/aromatic N) is 2. The van der Waals surface area contributed by atoms with Crippen LogP contribution in [-0.4, -0.2) is 22.6 Å². The summed E-state index contributed by atoms with van der Waals surface area (Å²) in [6.07, 6.45) is 2.05. The van der Waals surface area contributed by atoms with E-state index in [2.05, 4.69) is 11.0 Å². The molecular formula is C19H19ClN2O2. The Bertz CT molecular complexity index is 915. The van der Waals surface area contributed by atoms with Crippen LogP contribution in [0.25, 0.3) is 11.1 Å². The Morgan fingerprint density at radius 2 is 1.92 bits per heavy atom. The summed E-state index contributed by atoms with van der Waals surface area (Å²) in [5, 5.41) is 0.797. The molecule has 0 N–H and O–H groups in total. The highest BCUT2D eigenvalue weighted by Gasteiger charge is 2.25. The van der Waals surface area contributed by atoms with Crippen LogP contribution in [0.5, 0.6) is 0 Å². The van der Waals surface area contributed by atoms with E-state index in [4.69, 9.17) is 16.0 Å². The Labute approximate surface area is 145 Å². The summed E-state index contributed by atoms with van der Waals surface area (Å²) < 4.78 is 7.21. The molecule has 1 fully saturated rings. The first-order valence-corrected chi connectivity index (χ1v) is 8.66. The van der Waals surface area contributed by atoms with E-state index in [0.29, 0.717) is 5.58 Å². The molecule has 1 aromatic heterocycles. The lowest BCUT2D eigenvalue weighted by Crippen LogP contribution is -2.38. The molecule has 1 aliphatic rings. The van der Waals surface area contributed by atoms with Crippen LogP contribution in [-0.2, 0) is 6.54 Å². The summed E-state index contributed by atoms with van der Waals surface area (Å²) in [4.78, 5) is 14.7. The maximum absolute atomic E-state index is 12.3. The number of oxazole rings is 1. The zero-order valence-electron chi connectivity index (χ0n) is 13.3. The highest BCUT2D eigenvalue weighted by atomic mass is 35.5. The third-order valence-electron chi connectivity index (χ3n) is 4.72. The summed E-state index contributed by atoms with van der Waals surface area (Å²) in [6.45, 7) is 2.65. The lowest BCUT2D eigenvalue weighted by molar-refractivity contribution is 0.168. The summed E-state index contributed by atoms with van der Waals surface area (Å²) in [5.41, 5.74) is 2.67. The number of halogens is 1. The van der Waals surface area contributed by atoms with Gasteiger partial charge in [-0.2, -0.15) is 0 Å². The Balaban J connectivity index is 1.60. The molecule has 1 aliphatic heterocycles. The fourth-order valence-corrected chi connectivity index (χ4v) is 3.78. The first-order valence-electron chi connectivity index (χ1n) is 8.28. The lowest BCUT2D eigenvalue weighted by atomic mass is 10.0. The molecule has 0 saturated carbocycles. The SMILES string of the molecule is O=c1oc2ccccc2n1C1CCCN(Cc2ccccc2Cl)C1. The van der Waals surface area contributed by atoms with Crippen molar-refractivity contribution in [1.82, 2.24) is 9.47 Å². The second kappa shape index (κ2) is 6.46. The van der Waals surface area contributed by atoms with Crippen molar-refractivity contribution in [3.63, 3.8) is 0 Å². The summed E-state index contributed by atoms with van der Waals surface area (Å²) in [6, 6.07) is 15.7. The van der Waals surface area contributed by atoms with Gasteiger partial charge in [-0.25, -0.2) is 4.79 Å². The maximum Gasteiger partial charge on any atom is 0.420 e. The number of para-hydroxylation sites is 2. The quantitative estimate of drug-likeness (QED) is 0.719. The van der Waals surface area contributed by atoms with E-state index < -0.39 is 0 Å². The molecule has 1 atom stereocenters. The van der Waals surface area contributed by atoms with Crippen molar-refractivity contribution < 1.29 is 4.42 Å². The molecule has 3 aromatic rings. The molecule has 0 radical (unpaired) electrons. The molecule has 4 nitrogen and oxygen atoms in total. The van der Waals surface area contributed by atoms with Gasteiger partial charge < -0.3 is 4.42 Å². The number of rotatable bonds is 3. The second-order valence-corrected chi connectivity index (χ2v) is 6.74.